The molecule has 0 aliphatic heterocycles. The Bertz CT molecular complexity index is 562. The molecule has 1 aromatic carbocycles. The quantitative estimate of drug-likeness (QED) is 0.890. The molecule has 0 saturated carbocycles. The van der Waals surface area contributed by atoms with Crippen molar-refractivity contribution in [3.8, 4) is 0 Å². The highest BCUT2D eigenvalue weighted by atomic mass is 14.9. The van der Waals surface area contributed by atoms with E-state index in [0.717, 1.165) is 12.2 Å². The zero-order valence-corrected chi connectivity index (χ0v) is 13.8. The van der Waals surface area contributed by atoms with E-state index in [1.165, 1.54) is 16.7 Å². The van der Waals surface area contributed by atoms with Crippen molar-refractivity contribution in [3.63, 3.8) is 0 Å². The Balaban J connectivity index is 1.97. The normalized spacial score (nSPS) is 13.2. The van der Waals surface area contributed by atoms with E-state index in [-0.39, 0.29) is 5.41 Å². The van der Waals surface area contributed by atoms with E-state index in [0.29, 0.717) is 6.04 Å². The third kappa shape index (κ3) is 4.40. The Kier molecular flexibility index (Phi) is 4.79. The molecular formula is C19H26N2. The molecule has 1 N–H and O–H groups in total. The van der Waals surface area contributed by atoms with Crippen molar-refractivity contribution in [2.75, 3.05) is 0 Å². The minimum atomic E-state index is 0.211. The molecule has 2 heteroatoms. The molecule has 1 atom stereocenters. The summed E-state index contributed by atoms with van der Waals surface area (Å²) < 4.78 is 0. The van der Waals surface area contributed by atoms with Crippen molar-refractivity contribution < 1.29 is 0 Å². The van der Waals surface area contributed by atoms with Gasteiger partial charge >= 0.3 is 0 Å². The Labute approximate surface area is 128 Å². The largest absolute Gasteiger partial charge is 0.306 e. The zero-order valence-electron chi connectivity index (χ0n) is 13.8. The van der Waals surface area contributed by atoms with Gasteiger partial charge in [-0.3, -0.25) is 4.98 Å². The lowest BCUT2D eigenvalue weighted by Crippen LogP contribution is -2.18. The monoisotopic (exact) mass is 282 g/mol. The number of aryl methyl sites for hydroxylation is 1. The second-order valence-electron chi connectivity index (χ2n) is 6.78. The average Bonchev–Trinajstić information content (AvgIpc) is 2.45. The van der Waals surface area contributed by atoms with Crippen LogP contribution in [0.25, 0.3) is 0 Å². The molecule has 0 spiro atoms. The number of pyridine rings is 1. The molecule has 1 unspecified atom stereocenters. The van der Waals surface area contributed by atoms with Crippen molar-refractivity contribution in [1.29, 1.82) is 0 Å². The zero-order chi connectivity index (χ0) is 15.5. The van der Waals surface area contributed by atoms with E-state index in [9.17, 15) is 0 Å². The van der Waals surface area contributed by atoms with Crippen molar-refractivity contribution in [1.82, 2.24) is 10.3 Å². The third-order valence-corrected chi connectivity index (χ3v) is 3.86. The van der Waals surface area contributed by atoms with Crippen molar-refractivity contribution in [2.24, 2.45) is 0 Å². The van der Waals surface area contributed by atoms with E-state index in [2.05, 4.69) is 74.4 Å². The number of nitrogens with zero attached hydrogens (tertiary/aromatic N) is 1. The van der Waals surface area contributed by atoms with Crippen LogP contribution in [-0.2, 0) is 12.0 Å². The number of aromatic nitrogens is 1. The van der Waals surface area contributed by atoms with Crippen LogP contribution in [0.1, 0.15) is 56.1 Å². The maximum Gasteiger partial charge on any atom is 0.0372 e. The molecular weight excluding hydrogens is 256 g/mol. The van der Waals surface area contributed by atoms with Crippen LogP contribution in [0.3, 0.4) is 0 Å². The molecule has 0 radical (unpaired) electrons. The molecule has 0 fully saturated rings. The number of hydrogen-bond donors (Lipinski definition) is 1. The first-order chi connectivity index (χ1) is 9.86. The number of benzene rings is 1. The van der Waals surface area contributed by atoms with E-state index < -0.39 is 0 Å². The lowest BCUT2D eigenvalue weighted by atomic mass is 9.86. The van der Waals surface area contributed by atoms with Crippen LogP contribution in [-0.4, -0.2) is 4.98 Å². The topological polar surface area (TPSA) is 24.9 Å². The van der Waals surface area contributed by atoms with Crippen LogP contribution in [0, 0.1) is 6.92 Å². The molecule has 0 saturated heterocycles. The molecule has 0 aliphatic carbocycles. The highest BCUT2D eigenvalue weighted by molar-refractivity contribution is 5.29. The van der Waals surface area contributed by atoms with E-state index in [1.54, 1.807) is 0 Å². The molecule has 2 rings (SSSR count). The average molecular weight is 282 g/mol. The second-order valence-corrected chi connectivity index (χ2v) is 6.78. The van der Waals surface area contributed by atoms with Gasteiger partial charge in [-0.1, -0.05) is 51.1 Å². The van der Waals surface area contributed by atoms with Crippen LogP contribution in [0.2, 0.25) is 0 Å². The van der Waals surface area contributed by atoms with Gasteiger partial charge in [0.15, 0.2) is 0 Å². The third-order valence-electron chi connectivity index (χ3n) is 3.86. The lowest BCUT2D eigenvalue weighted by Gasteiger charge is -2.20. The summed E-state index contributed by atoms with van der Waals surface area (Å²) in [6.07, 6.45) is 1.94. The molecule has 1 aromatic heterocycles. The smallest absolute Gasteiger partial charge is 0.0372 e. The summed E-state index contributed by atoms with van der Waals surface area (Å²) in [7, 11) is 0. The summed E-state index contributed by atoms with van der Waals surface area (Å²) in [5.74, 6) is 0. The van der Waals surface area contributed by atoms with Gasteiger partial charge in [0.2, 0.25) is 0 Å². The fourth-order valence-electron chi connectivity index (χ4n) is 2.26. The molecule has 2 nitrogen and oxygen atoms in total. The van der Waals surface area contributed by atoms with Crippen molar-refractivity contribution >= 4 is 0 Å². The summed E-state index contributed by atoms with van der Waals surface area (Å²) in [5.41, 5.74) is 5.19. The molecule has 0 amide bonds. The van der Waals surface area contributed by atoms with Crippen LogP contribution in [0.4, 0.5) is 0 Å². The number of rotatable bonds is 4. The lowest BCUT2D eigenvalue weighted by molar-refractivity contribution is 0.569. The molecule has 0 aliphatic rings. The highest BCUT2D eigenvalue weighted by Crippen LogP contribution is 2.24. The first kappa shape index (κ1) is 15.7. The highest BCUT2D eigenvalue weighted by Gasteiger charge is 2.13. The van der Waals surface area contributed by atoms with E-state index in [4.69, 9.17) is 0 Å². The molecule has 1 heterocycles. The Morgan fingerprint density at radius 2 is 1.71 bits per heavy atom. The summed E-state index contributed by atoms with van der Waals surface area (Å²) >= 11 is 0. The maximum absolute atomic E-state index is 4.33. The van der Waals surface area contributed by atoms with Crippen LogP contribution < -0.4 is 5.32 Å². The SMILES string of the molecule is Cc1ccc(CNC(C)c2ccc(C(C)(C)C)cc2)cn1. The first-order valence-corrected chi connectivity index (χ1v) is 7.61. The van der Waals surface area contributed by atoms with Gasteiger partial charge in [0.05, 0.1) is 0 Å². The predicted octanol–water partition coefficient (Wildman–Crippen LogP) is 4.54. The van der Waals surface area contributed by atoms with Gasteiger partial charge in [-0.05, 0) is 42.0 Å². The van der Waals surface area contributed by atoms with Gasteiger partial charge in [0.25, 0.3) is 0 Å². The van der Waals surface area contributed by atoms with Crippen LogP contribution >= 0.6 is 0 Å². The molecule has 0 bridgehead atoms. The van der Waals surface area contributed by atoms with E-state index in [1.807, 2.05) is 13.1 Å². The first-order valence-electron chi connectivity index (χ1n) is 7.61. The standard InChI is InChI=1S/C19H26N2/c1-14-6-7-16(12-20-14)13-21-15(2)17-8-10-18(11-9-17)19(3,4)5/h6-12,15,21H,13H2,1-5H3. The van der Waals surface area contributed by atoms with Crippen LogP contribution in [0.5, 0.6) is 0 Å². The fraction of sp³-hybridized carbons (Fsp3) is 0.421. The molecule has 2 aromatic rings. The van der Waals surface area contributed by atoms with E-state index >= 15 is 0 Å². The second kappa shape index (κ2) is 6.40. The number of hydrogen-bond acceptors (Lipinski definition) is 2. The van der Waals surface area contributed by atoms with Gasteiger partial charge in [-0.25, -0.2) is 0 Å². The summed E-state index contributed by atoms with van der Waals surface area (Å²) in [4.78, 5) is 4.33. The minimum absolute atomic E-state index is 0.211. The maximum atomic E-state index is 4.33. The number of nitrogens with one attached hydrogen (secondary N) is 1. The van der Waals surface area contributed by atoms with Gasteiger partial charge in [-0.15, -0.1) is 0 Å². The van der Waals surface area contributed by atoms with Gasteiger partial charge < -0.3 is 5.32 Å². The van der Waals surface area contributed by atoms with Gasteiger partial charge in [-0.2, -0.15) is 0 Å². The van der Waals surface area contributed by atoms with Gasteiger partial charge in [0, 0.05) is 24.5 Å². The molecule has 112 valence electrons. The predicted molar refractivity (Wildman–Crippen MR) is 89.4 cm³/mol. The van der Waals surface area contributed by atoms with Gasteiger partial charge in [0.1, 0.15) is 0 Å². The summed E-state index contributed by atoms with van der Waals surface area (Å²) in [6, 6.07) is 13.4. The molecule has 21 heavy (non-hydrogen) atoms. The van der Waals surface area contributed by atoms with Crippen molar-refractivity contribution in [3.05, 3.63) is 65.0 Å². The Hall–Kier alpha value is -1.67. The fourth-order valence-corrected chi connectivity index (χ4v) is 2.26. The summed E-state index contributed by atoms with van der Waals surface area (Å²) in [5, 5.41) is 3.55. The summed E-state index contributed by atoms with van der Waals surface area (Å²) in [6.45, 7) is 11.8. The van der Waals surface area contributed by atoms with Crippen LogP contribution in [0.15, 0.2) is 42.6 Å². The minimum Gasteiger partial charge on any atom is -0.306 e. The van der Waals surface area contributed by atoms with Crippen molar-refractivity contribution in [2.45, 2.75) is 52.6 Å². The Morgan fingerprint density at radius 3 is 2.24 bits per heavy atom. The Morgan fingerprint density at radius 1 is 1.05 bits per heavy atom.